The molecule has 0 saturated carbocycles. The predicted octanol–water partition coefficient (Wildman–Crippen LogP) is 2.60. The van der Waals surface area contributed by atoms with E-state index in [1.165, 1.54) is 18.8 Å². The smallest absolute Gasteiger partial charge is 0.0604 e. The molecule has 1 aliphatic heterocycles. The van der Waals surface area contributed by atoms with Gasteiger partial charge in [-0.3, -0.25) is 0 Å². The number of para-hydroxylation sites is 2. The standard InChI is InChI=1S/C8H11NO.C8H9N/c10-7-6-9-8-4-2-1-3-5-8;1-2-4-8(5-3-1)9-6-7-9/h1-5,9-10H,6-7H2;1-5H,6-7H2. The molecule has 0 unspecified atom stereocenters. The highest BCUT2D eigenvalue weighted by Gasteiger charge is 2.16. The zero-order chi connectivity index (χ0) is 13.3. The van der Waals surface area contributed by atoms with Crippen molar-refractivity contribution in [2.24, 2.45) is 0 Å². The summed E-state index contributed by atoms with van der Waals surface area (Å²) in [7, 11) is 0. The Labute approximate surface area is 114 Å². The molecule has 0 spiro atoms. The first kappa shape index (κ1) is 13.4. The van der Waals surface area contributed by atoms with Crippen LogP contribution in [0.4, 0.5) is 11.4 Å². The van der Waals surface area contributed by atoms with Crippen molar-refractivity contribution in [1.29, 1.82) is 0 Å². The van der Waals surface area contributed by atoms with E-state index in [4.69, 9.17) is 5.11 Å². The predicted molar refractivity (Wildman–Crippen MR) is 80.7 cm³/mol. The van der Waals surface area contributed by atoms with Crippen molar-refractivity contribution in [3.63, 3.8) is 0 Å². The van der Waals surface area contributed by atoms with Crippen molar-refractivity contribution in [2.75, 3.05) is 36.5 Å². The third kappa shape index (κ3) is 5.02. The summed E-state index contributed by atoms with van der Waals surface area (Å²) in [5.74, 6) is 0. The maximum absolute atomic E-state index is 8.47. The van der Waals surface area contributed by atoms with E-state index in [0.717, 1.165) is 5.69 Å². The molecule has 3 heteroatoms. The molecular formula is C16H20N2O. The van der Waals surface area contributed by atoms with Crippen molar-refractivity contribution in [3.05, 3.63) is 60.7 Å². The SMILES string of the molecule is OCCNc1ccccc1.c1ccc(N2CC2)cc1. The minimum Gasteiger partial charge on any atom is -0.395 e. The number of rotatable bonds is 4. The minimum atomic E-state index is 0.175. The van der Waals surface area contributed by atoms with Crippen molar-refractivity contribution in [2.45, 2.75) is 0 Å². The van der Waals surface area contributed by atoms with Crippen molar-refractivity contribution in [1.82, 2.24) is 0 Å². The van der Waals surface area contributed by atoms with Gasteiger partial charge in [-0.1, -0.05) is 36.4 Å². The molecule has 100 valence electrons. The van der Waals surface area contributed by atoms with E-state index in [1.54, 1.807) is 0 Å². The fourth-order valence-corrected chi connectivity index (χ4v) is 1.70. The Kier molecular flexibility index (Phi) is 5.26. The molecule has 1 saturated heterocycles. The minimum absolute atomic E-state index is 0.175. The fourth-order valence-electron chi connectivity index (χ4n) is 1.70. The number of hydrogen-bond donors (Lipinski definition) is 2. The van der Waals surface area contributed by atoms with Crippen molar-refractivity contribution < 1.29 is 5.11 Å². The first-order chi connectivity index (χ1) is 9.40. The monoisotopic (exact) mass is 256 g/mol. The van der Waals surface area contributed by atoms with Gasteiger partial charge in [-0.15, -0.1) is 0 Å². The Morgan fingerprint density at radius 3 is 2.00 bits per heavy atom. The Balaban J connectivity index is 0.000000141. The summed E-state index contributed by atoms with van der Waals surface area (Å²) in [5.41, 5.74) is 2.41. The summed E-state index contributed by atoms with van der Waals surface area (Å²) in [6.07, 6.45) is 0. The molecule has 3 nitrogen and oxygen atoms in total. The quantitative estimate of drug-likeness (QED) is 0.825. The van der Waals surface area contributed by atoms with Gasteiger partial charge in [-0.25, -0.2) is 0 Å². The van der Waals surface area contributed by atoms with Gasteiger partial charge in [-0.2, -0.15) is 0 Å². The Hall–Kier alpha value is -2.00. The molecule has 0 aromatic heterocycles. The lowest BCUT2D eigenvalue weighted by Gasteiger charge is -2.01. The van der Waals surface area contributed by atoms with E-state index in [1.807, 2.05) is 36.4 Å². The Morgan fingerprint density at radius 2 is 1.47 bits per heavy atom. The summed E-state index contributed by atoms with van der Waals surface area (Å²) in [6.45, 7) is 3.27. The van der Waals surface area contributed by atoms with E-state index in [2.05, 4.69) is 34.5 Å². The summed E-state index contributed by atoms with van der Waals surface area (Å²) < 4.78 is 0. The van der Waals surface area contributed by atoms with Crippen LogP contribution in [0.25, 0.3) is 0 Å². The highest BCUT2D eigenvalue weighted by atomic mass is 16.3. The van der Waals surface area contributed by atoms with Gasteiger partial charge in [0.05, 0.1) is 6.61 Å². The molecule has 0 bridgehead atoms. The van der Waals surface area contributed by atoms with Gasteiger partial charge in [0.1, 0.15) is 0 Å². The molecule has 0 radical (unpaired) electrons. The highest BCUT2D eigenvalue weighted by Crippen LogP contribution is 2.18. The summed E-state index contributed by atoms with van der Waals surface area (Å²) in [6, 6.07) is 20.3. The topological polar surface area (TPSA) is 35.3 Å². The van der Waals surface area contributed by atoms with Crippen molar-refractivity contribution in [3.8, 4) is 0 Å². The van der Waals surface area contributed by atoms with Gasteiger partial charge >= 0.3 is 0 Å². The number of nitrogens with zero attached hydrogens (tertiary/aromatic N) is 1. The molecule has 2 aromatic rings. The Morgan fingerprint density at radius 1 is 0.895 bits per heavy atom. The molecule has 2 aromatic carbocycles. The van der Waals surface area contributed by atoms with E-state index in [-0.39, 0.29) is 6.61 Å². The van der Waals surface area contributed by atoms with Gasteiger partial charge in [0.15, 0.2) is 0 Å². The van der Waals surface area contributed by atoms with Crippen LogP contribution >= 0.6 is 0 Å². The average molecular weight is 256 g/mol. The zero-order valence-electron chi connectivity index (χ0n) is 11.0. The van der Waals surface area contributed by atoms with Crippen LogP contribution in [0.2, 0.25) is 0 Å². The van der Waals surface area contributed by atoms with Gasteiger partial charge in [0.2, 0.25) is 0 Å². The van der Waals surface area contributed by atoms with E-state index >= 15 is 0 Å². The summed E-state index contributed by atoms with van der Waals surface area (Å²) in [4.78, 5) is 2.33. The third-order valence-electron chi connectivity index (χ3n) is 2.78. The molecule has 2 N–H and O–H groups in total. The highest BCUT2D eigenvalue weighted by molar-refractivity contribution is 5.50. The molecule has 0 amide bonds. The molecule has 3 rings (SSSR count). The van der Waals surface area contributed by atoms with E-state index in [0.29, 0.717) is 6.54 Å². The second kappa shape index (κ2) is 7.44. The molecule has 0 atom stereocenters. The van der Waals surface area contributed by atoms with Crippen LogP contribution in [-0.2, 0) is 0 Å². The lowest BCUT2D eigenvalue weighted by atomic mass is 10.3. The molecule has 1 heterocycles. The molecule has 1 aliphatic rings. The largest absolute Gasteiger partial charge is 0.395 e. The maximum atomic E-state index is 8.47. The van der Waals surface area contributed by atoms with Crippen LogP contribution in [0.1, 0.15) is 0 Å². The molecule has 19 heavy (non-hydrogen) atoms. The maximum Gasteiger partial charge on any atom is 0.0604 e. The number of hydrogen-bond acceptors (Lipinski definition) is 3. The lowest BCUT2D eigenvalue weighted by molar-refractivity contribution is 0.311. The molecular weight excluding hydrogens is 236 g/mol. The number of anilines is 2. The Bertz CT molecular complexity index is 455. The molecule has 1 fully saturated rings. The van der Waals surface area contributed by atoms with Crippen LogP contribution in [0, 0.1) is 0 Å². The van der Waals surface area contributed by atoms with Crippen LogP contribution in [-0.4, -0.2) is 31.3 Å². The van der Waals surface area contributed by atoms with Gasteiger partial charge in [0, 0.05) is 31.0 Å². The second-order valence-electron chi connectivity index (χ2n) is 4.34. The third-order valence-corrected chi connectivity index (χ3v) is 2.78. The van der Waals surface area contributed by atoms with E-state index in [9.17, 15) is 0 Å². The van der Waals surface area contributed by atoms with Crippen molar-refractivity contribution >= 4 is 11.4 Å². The molecule has 0 aliphatic carbocycles. The van der Waals surface area contributed by atoms with Crippen LogP contribution in [0.15, 0.2) is 60.7 Å². The number of benzene rings is 2. The fraction of sp³-hybridized carbons (Fsp3) is 0.250. The van der Waals surface area contributed by atoms with Crippen LogP contribution in [0.5, 0.6) is 0 Å². The van der Waals surface area contributed by atoms with E-state index < -0.39 is 0 Å². The first-order valence-corrected chi connectivity index (χ1v) is 6.60. The van der Waals surface area contributed by atoms with Gasteiger partial charge in [-0.05, 0) is 24.3 Å². The summed E-state index contributed by atoms with van der Waals surface area (Å²) >= 11 is 0. The lowest BCUT2D eigenvalue weighted by Crippen LogP contribution is -2.04. The van der Waals surface area contributed by atoms with Gasteiger partial charge < -0.3 is 15.3 Å². The van der Waals surface area contributed by atoms with Crippen LogP contribution < -0.4 is 10.2 Å². The zero-order valence-corrected chi connectivity index (χ0v) is 11.0. The van der Waals surface area contributed by atoms with Gasteiger partial charge in [0.25, 0.3) is 0 Å². The van der Waals surface area contributed by atoms with Crippen LogP contribution in [0.3, 0.4) is 0 Å². The number of aliphatic hydroxyl groups is 1. The average Bonchev–Trinajstić information content (AvgIpc) is 3.33. The number of nitrogens with one attached hydrogen (secondary N) is 1. The number of aliphatic hydroxyl groups excluding tert-OH is 1. The summed E-state index contributed by atoms with van der Waals surface area (Å²) in [5, 5.41) is 11.5. The normalized spacial score (nSPS) is 12.4. The second-order valence-corrected chi connectivity index (χ2v) is 4.34. The first-order valence-electron chi connectivity index (χ1n) is 6.60.